The number of nitrogens with zero attached hydrogens (tertiary/aromatic N) is 3. The highest BCUT2D eigenvalue weighted by atomic mass is 32.2. The Hall–Kier alpha value is -2.65. The highest BCUT2D eigenvalue weighted by molar-refractivity contribution is 7.91. The van der Waals surface area contributed by atoms with Crippen molar-refractivity contribution in [3.63, 3.8) is 0 Å². The second-order valence-electron chi connectivity index (χ2n) is 7.43. The molecule has 2 aromatic heterocycles. The summed E-state index contributed by atoms with van der Waals surface area (Å²) < 4.78 is 41.0. The summed E-state index contributed by atoms with van der Waals surface area (Å²) in [5, 5.41) is 1.73. The summed E-state index contributed by atoms with van der Waals surface area (Å²) in [7, 11) is -3.60. The summed E-state index contributed by atoms with van der Waals surface area (Å²) in [5.41, 5.74) is 0.814. The number of rotatable bonds is 4. The normalized spacial score (nSPS) is 19.3. The van der Waals surface area contributed by atoms with Crippen molar-refractivity contribution in [1.29, 1.82) is 0 Å². The van der Waals surface area contributed by atoms with Crippen molar-refractivity contribution >= 4 is 48.8 Å². The number of piperidine rings is 1. The van der Waals surface area contributed by atoms with E-state index in [0.29, 0.717) is 35.7 Å². The van der Waals surface area contributed by atoms with Crippen molar-refractivity contribution in [2.45, 2.75) is 23.6 Å². The number of hydrogen-bond acceptors (Lipinski definition) is 7. The van der Waals surface area contributed by atoms with E-state index in [1.54, 1.807) is 22.1 Å². The standard InChI is InChI=1S/C21H19N3O5S3/c1-2-7-24-15-10-16-17(29-13-28-16)11-18(15)31-21(24)22-20(25)14-5-3-8-23(12-14)32(26,27)19-6-4-9-30-19/h1,4,6,9-11,14H,3,5,7-8,12-13H2. The largest absolute Gasteiger partial charge is 0.454 e. The van der Waals surface area contributed by atoms with Crippen molar-refractivity contribution < 1.29 is 22.7 Å². The van der Waals surface area contributed by atoms with Gasteiger partial charge in [-0.25, -0.2) is 8.42 Å². The fraction of sp³-hybridized carbons (Fsp3) is 0.333. The van der Waals surface area contributed by atoms with Crippen LogP contribution in [0.4, 0.5) is 0 Å². The molecule has 32 heavy (non-hydrogen) atoms. The zero-order chi connectivity index (χ0) is 22.3. The van der Waals surface area contributed by atoms with Gasteiger partial charge in [0, 0.05) is 25.2 Å². The third-order valence-electron chi connectivity index (χ3n) is 5.45. The number of benzene rings is 1. The number of carbonyl (C=O) groups is 1. The van der Waals surface area contributed by atoms with Crippen molar-refractivity contribution in [3.8, 4) is 23.8 Å². The summed E-state index contributed by atoms with van der Waals surface area (Å²) in [4.78, 5) is 17.9. The predicted octanol–water partition coefficient (Wildman–Crippen LogP) is 2.65. The van der Waals surface area contributed by atoms with E-state index >= 15 is 0 Å². The number of terminal acetylenes is 1. The van der Waals surface area contributed by atoms with Crippen molar-refractivity contribution in [1.82, 2.24) is 8.87 Å². The van der Waals surface area contributed by atoms with Crippen LogP contribution in [0.25, 0.3) is 10.2 Å². The maximum Gasteiger partial charge on any atom is 0.252 e. The molecule has 1 amide bonds. The van der Waals surface area contributed by atoms with Crippen molar-refractivity contribution in [2.24, 2.45) is 10.9 Å². The minimum atomic E-state index is -3.60. The number of fused-ring (bicyclic) bond motifs is 2. The molecule has 0 bridgehead atoms. The smallest absolute Gasteiger partial charge is 0.252 e. The molecule has 0 radical (unpaired) electrons. The Bertz CT molecular complexity index is 1400. The van der Waals surface area contributed by atoms with Crippen LogP contribution in [-0.4, -0.2) is 43.1 Å². The van der Waals surface area contributed by atoms with E-state index in [1.165, 1.54) is 27.0 Å². The lowest BCUT2D eigenvalue weighted by atomic mass is 9.99. The van der Waals surface area contributed by atoms with Gasteiger partial charge in [0.2, 0.25) is 6.79 Å². The molecule has 0 spiro atoms. The van der Waals surface area contributed by atoms with Gasteiger partial charge < -0.3 is 14.0 Å². The first kappa shape index (κ1) is 21.2. The molecule has 0 N–H and O–H groups in total. The van der Waals surface area contributed by atoms with Crippen LogP contribution in [0.5, 0.6) is 11.5 Å². The van der Waals surface area contributed by atoms with E-state index in [9.17, 15) is 13.2 Å². The number of carbonyl (C=O) groups excluding carboxylic acids is 1. The molecule has 0 aliphatic carbocycles. The third kappa shape index (κ3) is 3.73. The first-order chi connectivity index (χ1) is 15.5. The Balaban J connectivity index is 1.46. The molecule has 3 aromatic rings. The van der Waals surface area contributed by atoms with Crippen molar-refractivity contribution in [3.05, 3.63) is 34.4 Å². The Morgan fingerprint density at radius 2 is 2.12 bits per heavy atom. The van der Waals surface area contributed by atoms with E-state index in [2.05, 4.69) is 10.9 Å². The van der Waals surface area contributed by atoms with Gasteiger partial charge in [0.25, 0.3) is 15.9 Å². The van der Waals surface area contributed by atoms with Crippen LogP contribution in [0.3, 0.4) is 0 Å². The van der Waals surface area contributed by atoms with Gasteiger partial charge in [-0.15, -0.1) is 17.8 Å². The first-order valence-corrected chi connectivity index (χ1v) is 13.1. The Labute approximate surface area is 192 Å². The average Bonchev–Trinajstić information content (AvgIpc) is 3.54. The average molecular weight is 490 g/mol. The molecule has 5 rings (SSSR count). The predicted molar refractivity (Wildman–Crippen MR) is 121 cm³/mol. The molecular formula is C21H19N3O5S3. The van der Waals surface area contributed by atoms with Crippen LogP contribution in [0, 0.1) is 18.3 Å². The molecular weight excluding hydrogens is 470 g/mol. The molecule has 4 heterocycles. The molecule has 2 aliphatic rings. The number of amides is 1. The second-order valence-corrected chi connectivity index (χ2v) is 11.6. The summed E-state index contributed by atoms with van der Waals surface area (Å²) in [5.74, 6) is 3.04. The molecule has 2 aliphatic heterocycles. The second kappa shape index (κ2) is 8.37. The number of sulfonamides is 1. The maximum atomic E-state index is 13.1. The van der Waals surface area contributed by atoms with Crippen LogP contribution in [0.2, 0.25) is 0 Å². The number of thiazole rings is 1. The Morgan fingerprint density at radius 3 is 2.88 bits per heavy atom. The molecule has 1 aromatic carbocycles. The number of thiophene rings is 1. The SMILES string of the molecule is C#CCn1c(=NC(=O)C2CCCN(S(=O)(=O)c3cccs3)C2)sc2cc3c(cc21)OCO3. The van der Waals surface area contributed by atoms with Gasteiger partial charge in [-0.3, -0.25) is 4.79 Å². The number of hydrogen-bond donors (Lipinski definition) is 0. The van der Waals surface area contributed by atoms with Gasteiger partial charge in [0.05, 0.1) is 22.7 Å². The zero-order valence-electron chi connectivity index (χ0n) is 16.9. The van der Waals surface area contributed by atoms with Gasteiger partial charge in [0.1, 0.15) is 4.21 Å². The molecule has 166 valence electrons. The lowest BCUT2D eigenvalue weighted by molar-refractivity contribution is -0.122. The van der Waals surface area contributed by atoms with Crippen LogP contribution in [-0.2, 0) is 21.4 Å². The van der Waals surface area contributed by atoms with Gasteiger partial charge in [-0.1, -0.05) is 23.3 Å². The topological polar surface area (TPSA) is 90.2 Å². The van der Waals surface area contributed by atoms with E-state index in [4.69, 9.17) is 15.9 Å². The summed E-state index contributed by atoms with van der Waals surface area (Å²) in [6, 6.07) is 6.98. The highest BCUT2D eigenvalue weighted by Crippen LogP contribution is 2.37. The molecule has 0 saturated carbocycles. The quantitative estimate of drug-likeness (QED) is 0.526. The van der Waals surface area contributed by atoms with Crippen LogP contribution < -0.4 is 14.3 Å². The molecule has 11 heteroatoms. The summed E-state index contributed by atoms with van der Waals surface area (Å²) in [6.45, 7) is 0.938. The Morgan fingerprint density at radius 1 is 1.31 bits per heavy atom. The van der Waals surface area contributed by atoms with Crippen molar-refractivity contribution in [2.75, 3.05) is 19.9 Å². The van der Waals surface area contributed by atoms with Crippen LogP contribution in [0.1, 0.15) is 12.8 Å². The third-order valence-corrected chi connectivity index (χ3v) is 9.73. The number of ether oxygens (including phenoxy) is 2. The molecule has 8 nitrogen and oxygen atoms in total. The molecule has 1 fully saturated rings. The molecule has 1 unspecified atom stereocenters. The van der Waals surface area contributed by atoms with Gasteiger partial charge in [-0.05, 0) is 24.3 Å². The zero-order valence-corrected chi connectivity index (χ0v) is 19.3. The Kier molecular flexibility index (Phi) is 5.54. The fourth-order valence-electron chi connectivity index (χ4n) is 3.87. The van der Waals surface area contributed by atoms with Gasteiger partial charge in [-0.2, -0.15) is 9.30 Å². The van der Waals surface area contributed by atoms with Gasteiger partial charge in [0.15, 0.2) is 16.3 Å². The minimum absolute atomic E-state index is 0.124. The fourth-order valence-corrected chi connectivity index (χ4v) is 7.59. The van der Waals surface area contributed by atoms with E-state index in [-0.39, 0.29) is 30.0 Å². The monoisotopic (exact) mass is 489 g/mol. The lowest BCUT2D eigenvalue weighted by Gasteiger charge is -2.29. The van der Waals surface area contributed by atoms with E-state index in [0.717, 1.165) is 10.2 Å². The highest BCUT2D eigenvalue weighted by Gasteiger charge is 2.34. The molecule has 1 atom stereocenters. The number of aromatic nitrogens is 1. The summed E-state index contributed by atoms with van der Waals surface area (Å²) >= 11 is 2.52. The summed E-state index contributed by atoms with van der Waals surface area (Å²) in [6.07, 6.45) is 6.76. The van der Waals surface area contributed by atoms with Crippen LogP contribution >= 0.6 is 22.7 Å². The first-order valence-electron chi connectivity index (χ1n) is 9.96. The maximum absolute atomic E-state index is 13.1. The lowest BCUT2D eigenvalue weighted by Crippen LogP contribution is -2.42. The van der Waals surface area contributed by atoms with Gasteiger partial charge >= 0.3 is 0 Å². The van der Waals surface area contributed by atoms with E-state index < -0.39 is 15.9 Å². The van der Waals surface area contributed by atoms with Crippen LogP contribution in [0.15, 0.2) is 38.8 Å². The van der Waals surface area contributed by atoms with E-state index in [1.807, 2.05) is 12.1 Å². The molecule has 1 saturated heterocycles. The minimum Gasteiger partial charge on any atom is -0.454 e.